The molecule has 0 radical (unpaired) electrons. The summed E-state index contributed by atoms with van der Waals surface area (Å²) in [6.45, 7) is 8.24. The second-order valence-electron chi connectivity index (χ2n) is 5.10. The number of aryl methyl sites for hydroxylation is 2. The number of hydrogen-bond donors (Lipinski definition) is 1. The Morgan fingerprint density at radius 3 is 2.22 bits per heavy atom. The number of aliphatic carboxylic acids is 1. The minimum atomic E-state index is -1.06. The molecule has 0 fully saturated rings. The third-order valence-electron chi connectivity index (χ3n) is 2.45. The van der Waals surface area contributed by atoms with Gasteiger partial charge in [-0.05, 0) is 27.7 Å². The van der Waals surface area contributed by atoms with Gasteiger partial charge in [0.2, 0.25) is 5.76 Å². The number of carbonyl (C=O) groups is 2. The van der Waals surface area contributed by atoms with Gasteiger partial charge in [0.1, 0.15) is 6.54 Å². The molecule has 18 heavy (non-hydrogen) atoms. The summed E-state index contributed by atoms with van der Waals surface area (Å²) < 4.78 is 5.24. The van der Waals surface area contributed by atoms with Crippen molar-refractivity contribution in [3.8, 4) is 0 Å². The minimum absolute atomic E-state index is 0.101. The smallest absolute Gasteiger partial charge is 0.323 e. The third-order valence-corrected chi connectivity index (χ3v) is 2.45. The first kappa shape index (κ1) is 14.2. The summed E-state index contributed by atoms with van der Waals surface area (Å²) in [5, 5.41) is 8.88. The average molecular weight is 254 g/mol. The third kappa shape index (κ3) is 3.09. The van der Waals surface area contributed by atoms with E-state index in [1.807, 2.05) is 0 Å². The molecule has 0 unspecified atom stereocenters. The van der Waals surface area contributed by atoms with Crippen molar-refractivity contribution in [2.75, 3.05) is 6.54 Å². The van der Waals surface area contributed by atoms with Gasteiger partial charge in [-0.2, -0.15) is 0 Å². The van der Waals surface area contributed by atoms with Gasteiger partial charge in [-0.3, -0.25) is 9.59 Å². The average Bonchev–Trinajstić information content (AvgIpc) is 2.51. The summed E-state index contributed by atoms with van der Waals surface area (Å²) in [6, 6.07) is 0. The van der Waals surface area contributed by atoms with Crippen LogP contribution in [0.1, 0.15) is 42.9 Å². The molecule has 0 aromatic carbocycles. The Hall–Kier alpha value is -1.85. The summed E-state index contributed by atoms with van der Waals surface area (Å²) in [4.78, 5) is 28.4. The monoisotopic (exact) mass is 254 g/mol. The highest BCUT2D eigenvalue weighted by atomic mass is 16.4. The van der Waals surface area contributed by atoms with Crippen LogP contribution in [0, 0.1) is 13.8 Å². The summed E-state index contributed by atoms with van der Waals surface area (Å²) >= 11 is 0. The molecule has 1 N–H and O–H groups in total. The van der Waals surface area contributed by atoms with Crippen molar-refractivity contribution in [2.24, 2.45) is 0 Å². The number of oxazole rings is 1. The SMILES string of the molecule is Cc1nc(C)c(C(=O)N(CC(=O)O)C(C)(C)C)o1. The number of aromatic nitrogens is 1. The fourth-order valence-electron chi connectivity index (χ4n) is 1.60. The van der Waals surface area contributed by atoms with E-state index in [4.69, 9.17) is 9.52 Å². The molecule has 0 atom stereocenters. The molecule has 100 valence electrons. The van der Waals surface area contributed by atoms with Crippen molar-refractivity contribution in [1.82, 2.24) is 9.88 Å². The van der Waals surface area contributed by atoms with Crippen LogP contribution in [0.2, 0.25) is 0 Å². The Kier molecular flexibility index (Phi) is 3.79. The molecule has 1 amide bonds. The Bertz CT molecular complexity index is 471. The van der Waals surface area contributed by atoms with Crippen LogP contribution >= 0.6 is 0 Å². The molecule has 0 aliphatic carbocycles. The van der Waals surface area contributed by atoms with E-state index in [9.17, 15) is 9.59 Å². The molecular formula is C12H18N2O4. The first-order valence-corrected chi connectivity index (χ1v) is 5.60. The van der Waals surface area contributed by atoms with Crippen molar-refractivity contribution >= 4 is 11.9 Å². The lowest BCUT2D eigenvalue weighted by Crippen LogP contribution is -2.48. The van der Waals surface area contributed by atoms with Crippen LogP contribution in [0.3, 0.4) is 0 Å². The number of carbonyl (C=O) groups excluding carboxylic acids is 1. The normalized spacial score (nSPS) is 11.4. The summed E-state index contributed by atoms with van der Waals surface area (Å²) in [5.74, 6) is -1.03. The van der Waals surface area contributed by atoms with Crippen LogP contribution in [0.15, 0.2) is 4.42 Å². The number of rotatable bonds is 3. The number of hydrogen-bond acceptors (Lipinski definition) is 4. The van der Waals surface area contributed by atoms with Gasteiger partial charge in [-0.15, -0.1) is 0 Å². The van der Waals surface area contributed by atoms with E-state index in [0.29, 0.717) is 11.6 Å². The lowest BCUT2D eigenvalue weighted by molar-refractivity contribution is -0.138. The molecular weight excluding hydrogens is 236 g/mol. The van der Waals surface area contributed by atoms with Gasteiger partial charge >= 0.3 is 5.97 Å². The van der Waals surface area contributed by atoms with Crippen LogP contribution in [-0.4, -0.2) is 39.0 Å². The van der Waals surface area contributed by atoms with Crippen LogP contribution in [-0.2, 0) is 4.79 Å². The van der Waals surface area contributed by atoms with E-state index in [0.717, 1.165) is 0 Å². The van der Waals surface area contributed by atoms with Crippen molar-refractivity contribution in [1.29, 1.82) is 0 Å². The number of amides is 1. The maximum absolute atomic E-state index is 12.3. The van der Waals surface area contributed by atoms with Gasteiger partial charge in [-0.1, -0.05) is 0 Å². The zero-order chi connectivity index (χ0) is 14.1. The second-order valence-corrected chi connectivity index (χ2v) is 5.10. The molecule has 1 aromatic heterocycles. The highest BCUT2D eigenvalue weighted by Gasteiger charge is 2.32. The van der Waals surface area contributed by atoms with E-state index in [2.05, 4.69) is 4.98 Å². The van der Waals surface area contributed by atoms with Gasteiger partial charge in [-0.25, -0.2) is 4.98 Å². The van der Waals surface area contributed by atoms with E-state index in [1.54, 1.807) is 34.6 Å². The number of carboxylic acids is 1. The first-order chi connectivity index (χ1) is 8.12. The molecule has 1 aromatic rings. The zero-order valence-corrected chi connectivity index (χ0v) is 11.3. The second kappa shape index (κ2) is 4.80. The highest BCUT2D eigenvalue weighted by molar-refractivity contribution is 5.94. The molecule has 0 aliphatic heterocycles. The molecule has 6 nitrogen and oxygen atoms in total. The number of carboxylic acid groups (broad SMARTS) is 1. The Balaban J connectivity index is 3.10. The first-order valence-electron chi connectivity index (χ1n) is 5.60. The topological polar surface area (TPSA) is 83.6 Å². The molecule has 0 bridgehead atoms. The van der Waals surface area contributed by atoms with Crippen LogP contribution in [0.4, 0.5) is 0 Å². The fourth-order valence-corrected chi connectivity index (χ4v) is 1.60. The van der Waals surface area contributed by atoms with Gasteiger partial charge in [0.15, 0.2) is 5.89 Å². The van der Waals surface area contributed by atoms with Gasteiger partial charge in [0, 0.05) is 12.5 Å². The maximum atomic E-state index is 12.3. The predicted molar refractivity (Wildman–Crippen MR) is 64.4 cm³/mol. The quantitative estimate of drug-likeness (QED) is 0.886. The lowest BCUT2D eigenvalue weighted by Gasteiger charge is -2.33. The number of nitrogens with zero attached hydrogens (tertiary/aromatic N) is 2. The molecule has 1 rings (SSSR count). The minimum Gasteiger partial charge on any atom is -0.480 e. The van der Waals surface area contributed by atoms with E-state index in [-0.39, 0.29) is 12.3 Å². The molecule has 0 saturated carbocycles. The molecule has 0 aliphatic rings. The molecule has 0 saturated heterocycles. The van der Waals surface area contributed by atoms with E-state index >= 15 is 0 Å². The molecule has 6 heteroatoms. The van der Waals surface area contributed by atoms with E-state index in [1.165, 1.54) is 4.90 Å². The molecule has 1 heterocycles. The standard InChI is InChI=1S/C12H18N2O4/c1-7-10(18-8(2)13-7)11(17)14(6-9(15)16)12(3,4)5/h6H2,1-5H3,(H,15,16). The highest BCUT2D eigenvalue weighted by Crippen LogP contribution is 2.19. The zero-order valence-electron chi connectivity index (χ0n) is 11.3. The maximum Gasteiger partial charge on any atom is 0.323 e. The van der Waals surface area contributed by atoms with Gasteiger partial charge in [0.25, 0.3) is 5.91 Å². The van der Waals surface area contributed by atoms with Crippen molar-refractivity contribution < 1.29 is 19.1 Å². The Morgan fingerprint density at radius 2 is 1.89 bits per heavy atom. The largest absolute Gasteiger partial charge is 0.480 e. The van der Waals surface area contributed by atoms with Crippen molar-refractivity contribution in [3.63, 3.8) is 0 Å². The van der Waals surface area contributed by atoms with Crippen molar-refractivity contribution in [3.05, 3.63) is 17.3 Å². The Labute approximate surface area is 106 Å². The summed E-state index contributed by atoms with van der Waals surface area (Å²) in [6.07, 6.45) is 0. The van der Waals surface area contributed by atoms with Crippen LogP contribution in [0.5, 0.6) is 0 Å². The van der Waals surface area contributed by atoms with Crippen molar-refractivity contribution in [2.45, 2.75) is 40.2 Å². The van der Waals surface area contributed by atoms with Gasteiger partial charge < -0.3 is 14.4 Å². The lowest BCUT2D eigenvalue weighted by atomic mass is 10.1. The summed E-state index contributed by atoms with van der Waals surface area (Å²) in [5.41, 5.74) is -0.139. The van der Waals surface area contributed by atoms with Gasteiger partial charge in [0.05, 0.1) is 5.69 Å². The predicted octanol–water partition coefficient (Wildman–Crippen LogP) is 1.62. The van der Waals surface area contributed by atoms with Crippen LogP contribution in [0.25, 0.3) is 0 Å². The summed E-state index contributed by atoms with van der Waals surface area (Å²) in [7, 11) is 0. The Morgan fingerprint density at radius 1 is 1.33 bits per heavy atom. The van der Waals surface area contributed by atoms with Crippen LogP contribution < -0.4 is 0 Å². The molecule has 0 spiro atoms. The van der Waals surface area contributed by atoms with E-state index < -0.39 is 17.4 Å². The fraction of sp³-hybridized carbons (Fsp3) is 0.583.